The molecule has 0 aliphatic carbocycles. The molecule has 1 amide bonds. The summed E-state index contributed by atoms with van der Waals surface area (Å²) < 4.78 is 29.1. The molecule has 0 unspecified atom stereocenters. The van der Waals surface area contributed by atoms with E-state index in [9.17, 15) is 13.2 Å². The van der Waals surface area contributed by atoms with Crippen LogP contribution in [0.25, 0.3) is 5.65 Å². The summed E-state index contributed by atoms with van der Waals surface area (Å²) in [5.41, 5.74) is 3.21. The lowest BCUT2D eigenvalue weighted by Crippen LogP contribution is -2.35. The number of benzene rings is 1. The molecule has 1 fully saturated rings. The summed E-state index contributed by atoms with van der Waals surface area (Å²) >= 11 is 0. The quantitative estimate of drug-likeness (QED) is 0.712. The lowest BCUT2D eigenvalue weighted by atomic mass is 10.2. The Morgan fingerprint density at radius 3 is 2.59 bits per heavy atom. The Bertz CT molecular complexity index is 1180. The van der Waals surface area contributed by atoms with Crippen LogP contribution in [0.5, 0.6) is 0 Å². The van der Waals surface area contributed by atoms with Gasteiger partial charge in [0.25, 0.3) is 5.91 Å². The Morgan fingerprint density at radius 1 is 1.07 bits per heavy atom. The number of hydrogen-bond donors (Lipinski definition) is 1. The monoisotopic (exact) mass is 412 g/mol. The fourth-order valence-electron chi connectivity index (χ4n) is 3.77. The Morgan fingerprint density at radius 2 is 1.83 bits per heavy atom. The van der Waals surface area contributed by atoms with Gasteiger partial charge < -0.3 is 5.32 Å². The maximum atomic E-state index is 13.0. The van der Waals surface area contributed by atoms with Crippen molar-refractivity contribution < 1.29 is 13.2 Å². The Balaban J connectivity index is 1.63. The fourth-order valence-corrected chi connectivity index (χ4v) is 5.33. The SMILES string of the molecule is Cc1nc2c(C)cccn2c1C(=O)Nc1cccc(S(=O)(=O)N2CCCCC2)c1. The van der Waals surface area contributed by atoms with Gasteiger partial charge in [-0.2, -0.15) is 4.31 Å². The third kappa shape index (κ3) is 3.65. The van der Waals surface area contributed by atoms with Crippen LogP contribution in [0.15, 0.2) is 47.5 Å². The molecule has 3 heterocycles. The lowest BCUT2D eigenvalue weighted by Gasteiger charge is -2.26. The molecule has 1 saturated heterocycles. The Labute approximate surface area is 170 Å². The summed E-state index contributed by atoms with van der Waals surface area (Å²) in [4.78, 5) is 17.6. The average molecular weight is 413 g/mol. The van der Waals surface area contributed by atoms with Gasteiger partial charge in [-0.05, 0) is 56.5 Å². The van der Waals surface area contributed by atoms with Crippen molar-refractivity contribution in [2.24, 2.45) is 0 Å². The molecule has 8 heteroatoms. The lowest BCUT2D eigenvalue weighted by molar-refractivity contribution is 0.102. The number of sulfonamides is 1. The molecule has 1 aliphatic heterocycles. The van der Waals surface area contributed by atoms with E-state index >= 15 is 0 Å². The first kappa shape index (κ1) is 19.6. The first-order valence-corrected chi connectivity index (χ1v) is 11.2. The van der Waals surface area contributed by atoms with Crippen molar-refractivity contribution in [3.8, 4) is 0 Å². The molecular formula is C21H24N4O3S. The van der Waals surface area contributed by atoms with Gasteiger partial charge in [0.15, 0.2) is 0 Å². The van der Waals surface area contributed by atoms with Crippen molar-refractivity contribution in [2.75, 3.05) is 18.4 Å². The van der Waals surface area contributed by atoms with Crippen LogP contribution in [0.3, 0.4) is 0 Å². The van der Waals surface area contributed by atoms with E-state index in [2.05, 4.69) is 10.3 Å². The number of carbonyl (C=O) groups is 1. The Hall–Kier alpha value is -2.71. The van der Waals surface area contributed by atoms with E-state index in [1.807, 2.05) is 19.1 Å². The first-order valence-electron chi connectivity index (χ1n) is 9.74. The molecule has 0 atom stereocenters. The number of nitrogens with zero attached hydrogens (tertiary/aromatic N) is 3. The van der Waals surface area contributed by atoms with E-state index in [-0.39, 0.29) is 10.8 Å². The van der Waals surface area contributed by atoms with Gasteiger partial charge in [-0.1, -0.05) is 18.6 Å². The molecule has 0 radical (unpaired) electrons. The minimum absolute atomic E-state index is 0.197. The number of carbonyl (C=O) groups excluding carboxylic acids is 1. The predicted octanol–water partition coefficient (Wildman–Crippen LogP) is 3.38. The van der Waals surface area contributed by atoms with Crippen LogP contribution < -0.4 is 5.32 Å². The maximum Gasteiger partial charge on any atom is 0.274 e. The highest BCUT2D eigenvalue weighted by molar-refractivity contribution is 7.89. The minimum Gasteiger partial charge on any atom is -0.321 e. The number of fused-ring (bicyclic) bond motifs is 1. The number of nitrogens with one attached hydrogen (secondary N) is 1. The number of rotatable bonds is 4. The number of piperidine rings is 1. The molecule has 0 bridgehead atoms. The van der Waals surface area contributed by atoms with Gasteiger partial charge >= 0.3 is 0 Å². The highest BCUT2D eigenvalue weighted by Crippen LogP contribution is 2.24. The van der Waals surface area contributed by atoms with Crippen LogP contribution in [-0.2, 0) is 10.0 Å². The number of hydrogen-bond acceptors (Lipinski definition) is 4. The van der Waals surface area contributed by atoms with Gasteiger partial charge in [-0.3, -0.25) is 9.20 Å². The van der Waals surface area contributed by atoms with Crippen LogP contribution in [0, 0.1) is 13.8 Å². The van der Waals surface area contributed by atoms with Crippen LogP contribution in [0.2, 0.25) is 0 Å². The normalized spacial score (nSPS) is 15.5. The maximum absolute atomic E-state index is 13.0. The summed E-state index contributed by atoms with van der Waals surface area (Å²) in [6.07, 6.45) is 4.61. The molecule has 1 aliphatic rings. The Kier molecular flexibility index (Phi) is 5.14. The third-order valence-corrected chi connectivity index (χ3v) is 7.17. The molecule has 29 heavy (non-hydrogen) atoms. The number of anilines is 1. The summed E-state index contributed by atoms with van der Waals surface area (Å²) in [5.74, 6) is -0.326. The van der Waals surface area contributed by atoms with Gasteiger partial charge in [-0.25, -0.2) is 13.4 Å². The van der Waals surface area contributed by atoms with Crippen molar-refractivity contribution in [3.63, 3.8) is 0 Å². The second-order valence-corrected chi connectivity index (χ2v) is 9.32. The topological polar surface area (TPSA) is 83.8 Å². The molecule has 1 N–H and O–H groups in total. The van der Waals surface area contributed by atoms with E-state index in [1.165, 1.54) is 10.4 Å². The largest absolute Gasteiger partial charge is 0.321 e. The first-order chi connectivity index (χ1) is 13.9. The van der Waals surface area contributed by atoms with Crippen LogP contribution in [-0.4, -0.2) is 41.1 Å². The average Bonchev–Trinajstić information content (AvgIpc) is 3.06. The molecule has 152 valence electrons. The summed E-state index contributed by atoms with van der Waals surface area (Å²) in [6, 6.07) is 10.2. The number of aryl methyl sites for hydroxylation is 2. The second-order valence-electron chi connectivity index (χ2n) is 7.38. The molecule has 4 rings (SSSR count). The zero-order valence-corrected chi connectivity index (χ0v) is 17.4. The van der Waals surface area contributed by atoms with Gasteiger partial charge in [0.05, 0.1) is 10.6 Å². The summed E-state index contributed by atoms with van der Waals surface area (Å²) in [7, 11) is -3.56. The number of pyridine rings is 1. The molecule has 3 aromatic rings. The van der Waals surface area contributed by atoms with Gasteiger partial charge in [0.1, 0.15) is 11.3 Å². The van der Waals surface area contributed by atoms with Crippen molar-refractivity contribution in [3.05, 3.63) is 59.5 Å². The fraction of sp³-hybridized carbons (Fsp3) is 0.333. The molecule has 2 aromatic heterocycles. The zero-order chi connectivity index (χ0) is 20.6. The molecule has 0 saturated carbocycles. The van der Waals surface area contributed by atoms with Crippen LogP contribution >= 0.6 is 0 Å². The highest BCUT2D eigenvalue weighted by Gasteiger charge is 2.26. The molecule has 7 nitrogen and oxygen atoms in total. The zero-order valence-electron chi connectivity index (χ0n) is 16.6. The smallest absolute Gasteiger partial charge is 0.274 e. The molecule has 0 spiro atoms. The van der Waals surface area contributed by atoms with Crippen molar-refractivity contribution in [2.45, 2.75) is 38.0 Å². The number of aromatic nitrogens is 2. The number of amides is 1. The molecular weight excluding hydrogens is 388 g/mol. The van der Waals surface area contributed by atoms with Crippen molar-refractivity contribution in [1.29, 1.82) is 0 Å². The van der Waals surface area contributed by atoms with Crippen LogP contribution in [0.1, 0.15) is 41.0 Å². The van der Waals surface area contributed by atoms with Crippen molar-refractivity contribution >= 4 is 27.3 Å². The summed E-state index contributed by atoms with van der Waals surface area (Å²) in [5, 5.41) is 2.83. The van der Waals surface area contributed by atoms with Gasteiger partial charge in [0, 0.05) is 25.0 Å². The standard InChI is InChI=1S/C21H24N4O3S/c1-15-8-7-13-25-19(16(2)22-20(15)25)21(26)23-17-9-6-10-18(14-17)29(27,28)24-11-4-3-5-12-24/h6-10,13-14H,3-5,11-12H2,1-2H3,(H,23,26). The van der Waals surface area contributed by atoms with E-state index in [4.69, 9.17) is 0 Å². The van der Waals surface area contributed by atoms with Crippen molar-refractivity contribution in [1.82, 2.24) is 13.7 Å². The third-order valence-electron chi connectivity index (χ3n) is 5.28. The van der Waals surface area contributed by atoms with Gasteiger partial charge in [-0.15, -0.1) is 0 Å². The van der Waals surface area contributed by atoms with Gasteiger partial charge in [0.2, 0.25) is 10.0 Å². The second kappa shape index (κ2) is 7.61. The predicted molar refractivity (Wildman–Crippen MR) is 112 cm³/mol. The van der Waals surface area contributed by atoms with Crippen LogP contribution in [0.4, 0.5) is 5.69 Å². The molecule has 1 aromatic carbocycles. The van der Waals surface area contributed by atoms with E-state index in [1.54, 1.807) is 35.7 Å². The van der Waals surface area contributed by atoms with E-state index in [0.29, 0.717) is 30.2 Å². The minimum atomic E-state index is -3.56. The highest BCUT2D eigenvalue weighted by atomic mass is 32.2. The summed E-state index contributed by atoms with van der Waals surface area (Å²) in [6.45, 7) is 4.82. The van der Waals surface area contributed by atoms with E-state index in [0.717, 1.165) is 30.5 Å². The number of imidazole rings is 1. The van der Waals surface area contributed by atoms with E-state index < -0.39 is 10.0 Å².